The Morgan fingerprint density at radius 1 is 1.37 bits per heavy atom. The van der Waals surface area contributed by atoms with Gasteiger partial charge in [-0.2, -0.15) is 0 Å². The Bertz CT molecular complexity index is 500. The molecule has 2 fully saturated rings. The Labute approximate surface area is 114 Å². The molecule has 0 spiro atoms. The molecule has 102 valence electrons. The van der Waals surface area contributed by atoms with E-state index >= 15 is 0 Å². The van der Waals surface area contributed by atoms with Crippen molar-refractivity contribution in [1.82, 2.24) is 4.90 Å². The van der Waals surface area contributed by atoms with Gasteiger partial charge >= 0.3 is 0 Å². The summed E-state index contributed by atoms with van der Waals surface area (Å²) in [4.78, 5) is 13.9. The second kappa shape index (κ2) is 4.85. The first kappa shape index (κ1) is 12.5. The van der Waals surface area contributed by atoms with E-state index in [1.54, 1.807) is 6.92 Å². The van der Waals surface area contributed by atoms with Crippen molar-refractivity contribution in [2.75, 3.05) is 24.1 Å². The molecular weight excluding hydrogens is 238 g/mol. The number of nitrogen functional groups attached to an aromatic ring is 1. The van der Waals surface area contributed by atoms with Crippen molar-refractivity contribution in [2.24, 2.45) is 0 Å². The Morgan fingerprint density at radius 3 is 2.95 bits per heavy atom. The molecule has 1 aromatic carbocycles. The monoisotopic (exact) mass is 259 g/mol. The summed E-state index contributed by atoms with van der Waals surface area (Å²) < 4.78 is 0. The average Bonchev–Trinajstić information content (AvgIpc) is 2.94. The number of fused-ring (bicyclic) bond motifs is 1. The standard InChI is InChI=1S/C15H21N3O/c1-10(19)12-5-4-11(9-13(12)16)17-14-6-8-18-7-2-3-15(14)18/h4-5,9,14-15,17H,2-3,6-8,16H2,1H3. The van der Waals surface area contributed by atoms with E-state index in [4.69, 9.17) is 5.73 Å². The van der Waals surface area contributed by atoms with E-state index in [0.717, 1.165) is 5.69 Å². The number of ketones is 1. The van der Waals surface area contributed by atoms with Crippen LogP contribution in [0.3, 0.4) is 0 Å². The van der Waals surface area contributed by atoms with E-state index in [1.807, 2.05) is 18.2 Å². The van der Waals surface area contributed by atoms with Crippen LogP contribution in [0.2, 0.25) is 0 Å². The van der Waals surface area contributed by atoms with Gasteiger partial charge in [0, 0.05) is 35.6 Å². The molecule has 0 bridgehead atoms. The Balaban J connectivity index is 1.73. The molecule has 2 aliphatic rings. The molecule has 0 aliphatic carbocycles. The normalized spacial score (nSPS) is 26.4. The third kappa shape index (κ3) is 2.32. The van der Waals surface area contributed by atoms with E-state index < -0.39 is 0 Å². The first-order chi connectivity index (χ1) is 9.15. The molecule has 2 atom stereocenters. The van der Waals surface area contributed by atoms with Crippen LogP contribution < -0.4 is 11.1 Å². The molecule has 0 radical (unpaired) electrons. The van der Waals surface area contributed by atoms with Gasteiger partial charge in [0.1, 0.15) is 0 Å². The lowest BCUT2D eigenvalue weighted by Crippen LogP contribution is -2.33. The number of rotatable bonds is 3. The van der Waals surface area contributed by atoms with Crippen molar-refractivity contribution in [3.8, 4) is 0 Å². The fourth-order valence-corrected chi connectivity index (χ4v) is 3.44. The van der Waals surface area contributed by atoms with E-state index in [-0.39, 0.29) is 5.78 Å². The molecule has 4 heteroatoms. The van der Waals surface area contributed by atoms with Crippen molar-refractivity contribution in [1.29, 1.82) is 0 Å². The SMILES string of the molecule is CC(=O)c1ccc(NC2CCN3CCCC23)cc1N. The first-order valence-corrected chi connectivity index (χ1v) is 7.06. The summed E-state index contributed by atoms with van der Waals surface area (Å²) in [5.74, 6) is 0.0203. The molecular formula is C15H21N3O. The zero-order valence-electron chi connectivity index (χ0n) is 11.4. The van der Waals surface area contributed by atoms with Gasteiger partial charge in [-0.15, -0.1) is 0 Å². The molecule has 3 N–H and O–H groups in total. The number of hydrogen-bond donors (Lipinski definition) is 2. The van der Waals surface area contributed by atoms with Crippen LogP contribution in [0, 0.1) is 0 Å². The Hall–Kier alpha value is -1.55. The number of carbonyl (C=O) groups excluding carboxylic acids is 1. The van der Waals surface area contributed by atoms with E-state index in [0.29, 0.717) is 23.3 Å². The summed E-state index contributed by atoms with van der Waals surface area (Å²) in [5, 5.41) is 3.59. The van der Waals surface area contributed by atoms with E-state index in [1.165, 1.54) is 32.4 Å². The van der Waals surface area contributed by atoms with E-state index in [2.05, 4.69) is 10.2 Å². The van der Waals surface area contributed by atoms with Crippen molar-refractivity contribution < 1.29 is 4.79 Å². The maximum Gasteiger partial charge on any atom is 0.161 e. The highest BCUT2D eigenvalue weighted by molar-refractivity contribution is 5.99. The van der Waals surface area contributed by atoms with Crippen molar-refractivity contribution >= 4 is 17.2 Å². The molecule has 19 heavy (non-hydrogen) atoms. The number of hydrogen-bond acceptors (Lipinski definition) is 4. The number of nitrogens with zero attached hydrogens (tertiary/aromatic N) is 1. The summed E-state index contributed by atoms with van der Waals surface area (Å²) in [6.07, 6.45) is 3.80. The van der Waals surface area contributed by atoms with Crippen LogP contribution in [0.1, 0.15) is 36.5 Å². The second-order valence-electron chi connectivity index (χ2n) is 5.64. The van der Waals surface area contributed by atoms with Crippen molar-refractivity contribution in [2.45, 2.75) is 38.3 Å². The summed E-state index contributed by atoms with van der Waals surface area (Å²) >= 11 is 0. The maximum absolute atomic E-state index is 11.4. The molecule has 0 amide bonds. The zero-order chi connectivity index (χ0) is 13.4. The fraction of sp³-hybridized carbons (Fsp3) is 0.533. The molecule has 4 nitrogen and oxygen atoms in total. The van der Waals surface area contributed by atoms with Crippen LogP contribution in [-0.2, 0) is 0 Å². The molecule has 2 aliphatic heterocycles. The van der Waals surface area contributed by atoms with Crippen LogP contribution in [-0.4, -0.2) is 35.9 Å². The van der Waals surface area contributed by atoms with Crippen LogP contribution in [0.4, 0.5) is 11.4 Å². The predicted molar refractivity (Wildman–Crippen MR) is 77.5 cm³/mol. The summed E-state index contributed by atoms with van der Waals surface area (Å²) in [6, 6.07) is 6.86. The van der Waals surface area contributed by atoms with Crippen LogP contribution in [0.25, 0.3) is 0 Å². The summed E-state index contributed by atoms with van der Waals surface area (Å²) in [7, 11) is 0. The van der Waals surface area contributed by atoms with Gasteiger partial charge in [0.2, 0.25) is 0 Å². The van der Waals surface area contributed by atoms with Crippen LogP contribution >= 0.6 is 0 Å². The molecule has 0 aromatic heterocycles. The van der Waals surface area contributed by atoms with Gasteiger partial charge in [-0.1, -0.05) is 0 Å². The van der Waals surface area contributed by atoms with Gasteiger partial charge in [0.15, 0.2) is 5.78 Å². The molecule has 3 rings (SSSR count). The highest BCUT2D eigenvalue weighted by Gasteiger charge is 2.36. The molecule has 2 saturated heterocycles. The molecule has 0 saturated carbocycles. The van der Waals surface area contributed by atoms with Crippen LogP contribution in [0.15, 0.2) is 18.2 Å². The van der Waals surface area contributed by atoms with Gasteiger partial charge < -0.3 is 11.1 Å². The highest BCUT2D eigenvalue weighted by Crippen LogP contribution is 2.30. The minimum atomic E-state index is 0.0203. The van der Waals surface area contributed by atoms with Gasteiger partial charge in [0.25, 0.3) is 0 Å². The second-order valence-corrected chi connectivity index (χ2v) is 5.64. The lowest BCUT2D eigenvalue weighted by Gasteiger charge is -2.22. The number of nitrogens with one attached hydrogen (secondary N) is 1. The summed E-state index contributed by atoms with van der Waals surface area (Å²) in [6.45, 7) is 3.99. The molecule has 1 aromatic rings. The smallest absolute Gasteiger partial charge is 0.161 e. The number of nitrogens with two attached hydrogens (primary N) is 1. The van der Waals surface area contributed by atoms with Gasteiger partial charge in [-0.3, -0.25) is 9.69 Å². The number of anilines is 2. The molecule has 2 unspecified atom stereocenters. The number of carbonyl (C=O) groups is 1. The Kier molecular flexibility index (Phi) is 3.19. The lowest BCUT2D eigenvalue weighted by molar-refractivity contribution is 0.101. The summed E-state index contributed by atoms with van der Waals surface area (Å²) in [5.41, 5.74) is 8.14. The number of benzene rings is 1. The van der Waals surface area contributed by atoms with Crippen molar-refractivity contribution in [3.05, 3.63) is 23.8 Å². The Morgan fingerprint density at radius 2 is 2.21 bits per heavy atom. The van der Waals surface area contributed by atoms with Crippen molar-refractivity contribution in [3.63, 3.8) is 0 Å². The largest absolute Gasteiger partial charge is 0.398 e. The van der Waals surface area contributed by atoms with Gasteiger partial charge in [-0.05, 0) is 50.9 Å². The van der Waals surface area contributed by atoms with Crippen LogP contribution in [0.5, 0.6) is 0 Å². The lowest BCUT2D eigenvalue weighted by atomic mass is 10.0. The van der Waals surface area contributed by atoms with E-state index in [9.17, 15) is 4.79 Å². The zero-order valence-corrected chi connectivity index (χ0v) is 11.4. The fourth-order valence-electron chi connectivity index (χ4n) is 3.44. The maximum atomic E-state index is 11.4. The highest BCUT2D eigenvalue weighted by atomic mass is 16.1. The predicted octanol–water partition coefficient (Wildman–Crippen LogP) is 2.12. The minimum Gasteiger partial charge on any atom is -0.398 e. The number of Topliss-reactive ketones (excluding diaryl/α,β-unsaturated/α-hetero) is 1. The van der Waals surface area contributed by atoms with Gasteiger partial charge in [-0.25, -0.2) is 0 Å². The average molecular weight is 259 g/mol. The topological polar surface area (TPSA) is 58.4 Å². The molecule has 2 heterocycles. The quantitative estimate of drug-likeness (QED) is 0.645. The third-order valence-electron chi connectivity index (χ3n) is 4.39. The minimum absolute atomic E-state index is 0.0203. The third-order valence-corrected chi connectivity index (χ3v) is 4.39. The first-order valence-electron chi connectivity index (χ1n) is 7.06. The van der Waals surface area contributed by atoms with Gasteiger partial charge in [0.05, 0.1) is 0 Å².